The smallest absolute Gasteiger partial charge is 0.307 e. The summed E-state index contributed by atoms with van der Waals surface area (Å²) < 4.78 is 5.16. The number of benzene rings is 1. The zero-order valence-electron chi connectivity index (χ0n) is 18.9. The van der Waals surface area contributed by atoms with E-state index >= 15 is 0 Å². The Morgan fingerprint density at radius 1 is 1.12 bits per heavy atom. The fourth-order valence-corrected chi connectivity index (χ4v) is 3.29. The Morgan fingerprint density at radius 3 is 2.53 bits per heavy atom. The van der Waals surface area contributed by atoms with Crippen LogP contribution in [0.25, 0.3) is 0 Å². The van der Waals surface area contributed by atoms with Crippen molar-refractivity contribution in [2.45, 2.75) is 52.0 Å². The molecule has 9 nitrogen and oxygen atoms in total. The van der Waals surface area contributed by atoms with Crippen molar-refractivity contribution in [3.63, 3.8) is 0 Å². The first-order chi connectivity index (χ1) is 15.4. The van der Waals surface area contributed by atoms with Crippen molar-refractivity contribution in [1.82, 2.24) is 15.5 Å². The summed E-state index contributed by atoms with van der Waals surface area (Å²) >= 11 is 0. The van der Waals surface area contributed by atoms with Crippen molar-refractivity contribution in [3.8, 4) is 0 Å². The minimum atomic E-state index is -0.738. The van der Waals surface area contributed by atoms with Crippen molar-refractivity contribution in [2.24, 2.45) is 0 Å². The van der Waals surface area contributed by atoms with Gasteiger partial charge in [0.1, 0.15) is 6.04 Å². The monoisotopic (exact) mass is 446 g/mol. The summed E-state index contributed by atoms with van der Waals surface area (Å²) in [5.41, 5.74) is 1.07. The minimum absolute atomic E-state index is 0.0282. The predicted molar refractivity (Wildman–Crippen MR) is 121 cm³/mol. The number of esters is 1. The fraction of sp³-hybridized carbons (Fsp3) is 0.565. The third-order valence-corrected chi connectivity index (χ3v) is 5.16. The van der Waals surface area contributed by atoms with Crippen LogP contribution in [0.4, 0.5) is 5.69 Å². The third-order valence-electron chi connectivity index (χ3n) is 5.16. The standard InChI is InChI=1S/C23H34N4O5/c1-3-5-11-24-22(30)17-7-9-18(10-8-17)26-20(28)16-27-13-12-25-23(31)19(27)15-21(29)32-14-6-4-2/h7-10,19H,3-6,11-16H2,1-2H3,(H,24,30)(H,25,31)(H,26,28). The number of hydrogen-bond donors (Lipinski definition) is 3. The molecule has 3 amide bonds. The Morgan fingerprint density at radius 2 is 1.84 bits per heavy atom. The second kappa shape index (κ2) is 13.5. The molecular formula is C23H34N4O5. The van der Waals surface area contributed by atoms with E-state index in [1.165, 1.54) is 0 Å². The van der Waals surface area contributed by atoms with Crippen LogP contribution in [-0.4, -0.2) is 67.4 Å². The van der Waals surface area contributed by atoms with Gasteiger partial charge in [0.05, 0.1) is 19.6 Å². The number of hydrogen-bond acceptors (Lipinski definition) is 6. The quantitative estimate of drug-likeness (QED) is 0.332. The second-order valence-electron chi connectivity index (χ2n) is 7.79. The molecule has 1 aliphatic rings. The molecule has 0 radical (unpaired) electrons. The number of amides is 3. The van der Waals surface area contributed by atoms with Crippen molar-refractivity contribution in [1.29, 1.82) is 0 Å². The average Bonchev–Trinajstić information content (AvgIpc) is 2.77. The van der Waals surface area contributed by atoms with Crippen LogP contribution in [0.15, 0.2) is 24.3 Å². The lowest BCUT2D eigenvalue weighted by Gasteiger charge is -2.33. The Kier molecular flexibility index (Phi) is 10.7. The zero-order chi connectivity index (χ0) is 23.3. The first-order valence-corrected chi connectivity index (χ1v) is 11.3. The summed E-state index contributed by atoms with van der Waals surface area (Å²) in [7, 11) is 0. The van der Waals surface area contributed by atoms with Gasteiger partial charge in [-0.3, -0.25) is 24.1 Å². The number of unbranched alkanes of at least 4 members (excludes halogenated alkanes) is 2. The first-order valence-electron chi connectivity index (χ1n) is 11.3. The molecule has 0 bridgehead atoms. The Labute approximate surface area is 189 Å². The van der Waals surface area contributed by atoms with Crippen LogP contribution in [0.5, 0.6) is 0 Å². The highest BCUT2D eigenvalue weighted by atomic mass is 16.5. The van der Waals surface area contributed by atoms with E-state index in [4.69, 9.17) is 4.74 Å². The Hall–Kier alpha value is -2.94. The summed E-state index contributed by atoms with van der Waals surface area (Å²) in [6.45, 7) is 5.86. The summed E-state index contributed by atoms with van der Waals surface area (Å²) in [6, 6.07) is 5.90. The fourth-order valence-electron chi connectivity index (χ4n) is 3.29. The SMILES string of the molecule is CCCCNC(=O)c1ccc(NC(=O)CN2CCNC(=O)C2CC(=O)OCCCC)cc1. The summed E-state index contributed by atoms with van der Waals surface area (Å²) in [5, 5.41) is 8.36. The molecule has 32 heavy (non-hydrogen) atoms. The van der Waals surface area contributed by atoms with Gasteiger partial charge in [0.25, 0.3) is 5.91 Å². The second-order valence-corrected chi connectivity index (χ2v) is 7.79. The summed E-state index contributed by atoms with van der Waals surface area (Å²) in [4.78, 5) is 50.6. The molecule has 1 aromatic carbocycles. The molecule has 1 aliphatic heterocycles. The van der Waals surface area contributed by atoms with E-state index in [-0.39, 0.29) is 30.7 Å². The average molecular weight is 447 g/mol. The van der Waals surface area contributed by atoms with Crippen molar-refractivity contribution in [2.75, 3.05) is 38.1 Å². The van der Waals surface area contributed by atoms with Gasteiger partial charge in [0.2, 0.25) is 11.8 Å². The molecular weight excluding hydrogens is 412 g/mol. The van der Waals surface area contributed by atoms with Crippen LogP contribution in [0, 0.1) is 0 Å². The minimum Gasteiger partial charge on any atom is -0.466 e. The number of carbonyl (C=O) groups is 4. The molecule has 9 heteroatoms. The van der Waals surface area contributed by atoms with Crippen LogP contribution in [-0.2, 0) is 19.1 Å². The lowest BCUT2D eigenvalue weighted by atomic mass is 10.1. The van der Waals surface area contributed by atoms with Crippen LogP contribution in [0.2, 0.25) is 0 Å². The highest BCUT2D eigenvalue weighted by Crippen LogP contribution is 2.13. The summed E-state index contributed by atoms with van der Waals surface area (Å²) in [6.07, 6.45) is 3.52. The number of nitrogens with one attached hydrogen (secondary N) is 3. The number of ether oxygens (including phenoxy) is 1. The maximum Gasteiger partial charge on any atom is 0.307 e. The molecule has 1 unspecified atom stereocenters. The van der Waals surface area contributed by atoms with Crippen LogP contribution in [0.3, 0.4) is 0 Å². The van der Waals surface area contributed by atoms with E-state index in [1.807, 2.05) is 6.92 Å². The van der Waals surface area contributed by atoms with E-state index in [1.54, 1.807) is 29.2 Å². The lowest BCUT2D eigenvalue weighted by Crippen LogP contribution is -2.57. The molecule has 1 atom stereocenters. The van der Waals surface area contributed by atoms with E-state index in [9.17, 15) is 19.2 Å². The topological polar surface area (TPSA) is 117 Å². The predicted octanol–water partition coefficient (Wildman–Crippen LogP) is 1.69. The lowest BCUT2D eigenvalue weighted by molar-refractivity contribution is -0.149. The normalized spacial score (nSPS) is 16.2. The zero-order valence-corrected chi connectivity index (χ0v) is 18.9. The molecule has 1 heterocycles. The number of rotatable bonds is 12. The van der Waals surface area contributed by atoms with Gasteiger partial charge in [0, 0.05) is 30.9 Å². The van der Waals surface area contributed by atoms with Gasteiger partial charge in [-0.1, -0.05) is 26.7 Å². The van der Waals surface area contributed by atoms with Gasteiger partial charge in [-0.05, 0) is 37.1 Å². The molecule has 1 saturated heterocycles. The molecule has 176 valence electrons. The number of piperazine rings is 1. The molecule has 1 aromatic rings. The maximum absolute atomic E-state index is 12.5. The van der Waals surface area contributed by atoms with Crippen LogP contribution in [0.1, 0.15) is 56.3 Å². The van der Waals surface area contributed by atoms with Gasteiger partial charge in [-0.2, -0.15) is 0 Å². The number of carbonyl (C=O) groups excluding carboxylic acids is 4. The van der Waals surface area contributed by atoms with Gasteiger partial charge in [-0.15, -0.1) is 0 Å². The Balaban J connectivity index is 1.88. The van der Waals surface area contributed by atoms with Crippen molar-refractivity contribution in [3.05, 3.63) is 29.8 Å². The van der Waals surface area contributed by atoms with Gasteiger partial charge in [0.15, 0.2) is 0 Å². The Bertz CT molecular complexity index is 781. The third kappa shape index (κ3) is 8.30. The largest absolute Gasteiger partial charge is 0.466 e. The van der Waals surface area contributed by atoms with Crippen LogP contribution >= 0.6 is 0 Å². The highest BCUT2D eigenvalue weighted by Gasteiger charge is 2.33. The van der Waals surface area contributed by atoms with E-state index in [2.05, 4.69) is 22.9 Å². The highest BCUT2D eigenvalue weighted by molar-refractivity contribution is 5.96. The molecule has 2 rings (SSSR count). The van der Waals surface area contributed by atoms with Gasteiger partial charge in [-0.25, -0.2) is 0 Å². The van der Waals surface area contributed by atoms with E-state index in [0.717, 1.165) is 25.7 Å². The number of nitrogens with zero attached hydrogens (tertiary/aromatic N) is 1. The molecule has 0 aromatic heterocycles. The van der Waals surface area contributed by atoms with E-state index in [0.29, 0.717) is 37.5 Å². The number of anilines is 1. The van der Waals surface area contributed by atoms with Gasteiger partial charge < -0.3 is 20.7 Å². The maximum atomic E-state index is 12.5. The van der Waals surface area contributed by atoms with Crippen LogP contribution < -0.4 is 16.0 Å². The van der Waals surface area contributed by atoms with Crippen molar-refractivity contribution >= 4 is 29.4 Å². The molecule has 3 N–H and O–H groups in total. The molecule has 1 fully saturated rings. The summed E-state index contributed by atoms with van der Waals surface area (Å²) in [5.74, 6) is -1.18. The molecule has 0 aliphatic carbocycles. The first kappa shape index (κ1) is 25.3. The molecule has 0 saturated carbocycles. The van der Waals surface area contributed by atoms with Gasteiger partial charge >= 0.3 is 5.97 Å². The van der Waals surface area contributed by atoms with Crippen molar-refractivity contribution < 1.29 is 23.9 Å². The molecule has 0 spiro atoms. The van der Waals surface area contributed by atoms with E-state index < -0.39 is 12.0 Å².